The Kier molecular flexibility index (Phi) is 5.51. The zero-order chi connectivity index (χ0) is 14.4. The van der Waals surface area contributed by atoms with Crippen molar-refractivity contribution in [3.8, 4) is 0 Å². The number of benzene rings is 1. The number of carboxylic acids is 1. The van der Waals surface area contributed by atoms with Crippen molar-refractivity contribution in [1.82, 2.24) is 4.90 Å². The molecule has 0 atom stereocenters. The number of anilines is 1. The van der Waals surface area contributed by atoms with Crippen LogP contribution in [0.15, 0.2) is 18.2 Å². The molecule has 0 aromatic heterocycles. The first-order valence-corrected chi connectivity index (χ1v) is 6.24. The lowest BCUT2D eigenvalue weighted by Crippen LogP contribution is -2.36. The fourth-order valence-corrected chi connectivity index (χ4v) is 1.75. The number of nitrogens with zero attached hydrogens (tertiary/aromatic N) is 1. The van der Waals surface area contributed by atoms with Crippen LogP contribution in [0.1, 0.15) is 18.1 Å². The third-order valence-electron chi connectivity index (χ3n) is 3.05. The molecule has 5 heteroatoms. The summed E-state index contributed by atoms with van der Waals surface area (Å²) in [6, 6.07) is 5.70. The standard InChI is InChI=1S/C14H20N2O3/c1-4-16(9-14(18)19)8-13(17)15-12-7-5-6-10(2)11(12)3/h5-7H,4,8-9H2,1-3H3,(H,15,17)(H,18,19). The van der Waals surface area contributed by atoms with Gasteiger partial charge < -0.3 is 10.4 Å². The molecule has 0 aliphatic rings. The Balaban J connectivity index is 2.64. The second kappa shape index (κ2) is 6.89. The highest BCUT2D eigenvalue weighted by Gasteiger charge is 2.13. The number of carboxylic acid groups (broad SMARTS) is 1. The van der Waals surface area contributed by atoms with Gasteiger partial charge in [-0.25, -0.2) is 0 Å². The third-order valence-corrected chi connectivity index (χ3v) is 3.05. The van der Waals surface area contributed by atoms with Crippen molar-refractivity contribution < 1.29 is 14.7 Å². The molecule has 0 bridgehead atoms. The van der Waals surface area contributed by atoms with Gasteiger partial charge in [0.15, 0.2) is 0 Å². The van der Waals surface area contributed by atoms with Crippen LogP contribution in [0.3, 0.4) is 0 Å². The van der Waals surface area contributed by atoms with Gasteiger partial charge in [-0.15, -0.1) is 0 Å². The number of rotatable bonds is 6. The largest absolute Gasteiger partial charge is 0.480 e. The van der Waals surface area contributed by atoms with Crippen molar-refractivity contribution in [2.75, 3.05) is 25.0 Å². The molecule has 0 heterocycles. The van der Waals surface area contributed by atoms with E-state index in [1.807, 2.05) is 39.0 Å². The van der Waals surface area contributed by atoms with E-state index < -0.39 is 5.97 Å². The first kappa shape index (κ1) is 15.2. The minimum atomic E-state index is -0.929. The molecule has 0 fully saturated rings. The van der Waals surface area contributed by atoms with Gasteiger partial charge in [0.25, 0.3) is 0 Å². The van der Waals surface area contributed by atoms with Gasteiger partial charge >= 0.3 is 5.97 Å². The fraction of sp³-hybridized carbons (Fsp3) is 0.429. The van der Waals surface area contributed by atoms with Gasteiger partial charge in [0, 0.05) is 5.69 Å². The van der Waals surface area contributed by atoms with Crippen molar-refractivity contribution in [3.63, 3.8) is 0 Å². The second-order valence-electron chi connectivity index (χ2n) is 4.49. The van der Waals surface area contributed by atoms with Gasteiger partial charge in [-0.1, -0.05) is 19.1 Å². The average molecular weight is 264 g/mol. The average Bonchev–Trinajstić information content (AvgIpc) is 2.33. The molecule has 1 rings (SSSR count). The predicted molar refractivity (Wildman–Crippen MR) is 74.3 cm³/mol. The number of carbonyl (C=O) groups excluding carboxylic acids is 1. The van der Waals surface area contributed by atoms with Crippen LogP contribution in [0.25, 0.3) is 0 Å². The topological polar surface area (TPSA) is 69.6 Å². The van der Waals surface area contributed by atoms with Crippen LogP contribution >= 0.6 is 0 Å². The Hall–Kier alpha value is -1.88. The normalized spacial score (nSPS) is 10.5. The van der Waals surface area contributed by atoms with Gasteiger partial charge in [-0.2, -0.15) is 0 Å². The Morgan fingerprint density at radius 2 is 1.95 bits per heavy atom. The molecular weight excluding hydrogens is 244 g/mol. The van der Waals surface area contributed by atoms with E-state index in [1.54, 1.807) is 4.90 Å². The summed E-state index contributed by atoms with van der Waals surface area (Å²) in [7, 11) is 0. The summed E-state index contributed by atoms with van der Waals surface area (Å²) in [6.07, 6.45) is 0. The summed E-state index contributed by atoms with van der Waals surface area (Å²) in [4.78, 5) is 24.1. The van der Waals surface area contributed by atoms with Crippen LogP contribution < -0.4 is 5.32 Å². The number of hydrogen-bond acceptors (Lipinski definition) is 3. The minimum Gasteiger partial charge on any atom is -0.480 e. The van der Waals surface area contributed by atoms with Crippen LogP contribution in [0, 0.1) is 13.8 Å². The fourth-order valence-electron chi connectivity index (χ4n) is 1.75. The van der Waals surface area contributed by atoms with Gasteiger partial charge in [0.2, 0.25) is 5.91 Å². The van der Waals surface area contributed by atoms with E-state index in [0.717, 1.165) is 16.8 Å². The van der Waals surface area contributed by atoms with Crippen molar-refractivity contribution in [1.29, 1.82) is 0 Å². The summed E-state index contributed by atoms with van der Waals surface area (Å²) in [5, 5.41) is 11.5. The van der Waals surface area contributed by atoms with E-state index in [4.69, 9.17) is 5.11 Å². The molecule has 0 spiro atoms. The summed E-state index contributed by atoms with van der Waals surface area (Å²) in [5.74, 6) is -1.13. The summed E-state index contributed by atoms with van der Waals surface area (Å²) < 4.78 is 0. The van der Waals surface area contributed by atoms with Crippen molar-refractivity contribution in [3.05, 3.63) is 29.3 Å². The van der Waals surface area contributed by atoms with Crippen LogP contribution in [0.2, 0.25) is 0 Å². The molecule has 5 nitrogen and oxygen atoms in total. The summed E-state index contributed by atoms with van der Waals surface area (Å²) >= 11 is 0. The number of likely N-dealkylation sites (N-methyl/N-ethyl adjacent to an activating group) is 1. The maximum absolute atomic E-state index is 11.9. The first-order valence-electron chi connectivity index (χ1n) is 6.24. The lowest BCUT2D eigenvalue weighted by atomic mass is 10.1. The van der Waals surface area contributed by atoms with E-state index in [0.29, 0.717) is 6.54 Å². The Bertz CT molecular complexity index is 472. The number of nitrogens with one attached hydrogen (secondary N) is 1. The number of carbonyl (C=O) groups is 2. The monoisotopic (exact) mass is 264 g/mol. The number of aliphatic carboxylic acids is 1. The second-order valence-corrected chi connectivity index (χ2v) is 4.49. The molecule has 1 aromatic carbocycles. The smallest absolute Gasteiger partial charge is 0.317 e. The van der Waals surface area contributed by atoms with Crippen LogP contribution in [-0.4, -0.2) is 41.5 Å². The van der Waals surface area contributed by atoms with Crippen molar-refractivity contribution >= 4 is 17.6 Å². The first-order chi connectivity index (χ1) is 8.93. The lowest BCUT2D eigenvalue weighted by Gasteiger charge is -2.18. The van der Waals surface area contributed by atoms with Crippen molar-refractivity contribution in [2.24, 2.45) is 0 Å². The number of amides is 1. The SMILES string of the molecule is CCN(CC(=O)O)CC(=O)Nc1cccc(C)c1C. The molecule has 0 saturated heterocycles. The quantitative estimate of drug-likeness (QED) is 0.819. The minimum absolute atomic E-state index is 0.0795. The summed E-state index contributed by atoms with van der Waals surface area (Å²) in [5.41, 5.74) is 2.91. The zero-order valence-corrected chi connectivity index (χ0v) is 11.6. The van der Waals surface area contributed by atoms with Crippen LogP contribution in [0.5, 0.6) is 0 Å². The summed E-state index contributed by atoms with van der Waals surface area (Å²) in [6.45, 7) is 6.22. The highest BCUT2D eigenvalue weighted by atomic mass is 16.4. The van der Waals surface area contributed by atoms with Gasteiger partial charge in [-0.3, -0.25) is 14.5 Å². The number of hydrogen-bond donors (Lipinski definition) is 2. The molecule has 1 aromatic rings. The molecule has 0 aliphatic carbocycles. The Morgan fingerprint density at radius 1 is 1.26 bits per heavy atom. The molecule has 0 unspecified atom stereocenters. The van der Waals surface area contributed by atoms with E-state index >= 15 is 0 Å². The molecule has 0 radical (unpaired) electrons. The maximum Gasteiger partial charge on any atom is 0.317 e. The zero-order valence-electron chi connectivity index (χ0n) is 11.6. The highest BCUT2D eigenvalue weighted by Crippen LogP contribution is 2.17. The Morgan fingerprint density at radius 3 is 2.53 bits per heavy atom. The lowest BCUT2D eigenvalue weighted by molar-refractivity contribution is -0.138. The van der Waals surface area contributed by atoms with Gasteiger partial charge in [-0.05, 0) is 37.6 Å². The van der Waals surface area contributed by atoms with E-state index in [9.17, 15) is 9.59 Å². The van der Waals surface area contributed by atoms with E-state index in [-0.39, 0.29) is 19.0 Å². The van der Waals surface area contributed by atoms with Gasteiger partial charge in [0.1, 0.15) is 0 Å². The Labute approximate surface area is 113 Å². The van der Waals surface area contributed by atoms with Crippen molar-refractivity contribution in [2.45, 2.75) is 20.8 Å². The molecule has 19 heavy (non-hydrogen) atoms. The maximum atomic E-state index is 11.9. The van der Waals surface area contributed by atoms with E-state index in [1.165, 1.54) is 0 Å². The van der Waals surface area contributed by atoms with Crippen LogP contribution in [-0.2, 0) is 9.59 Å². The molecule has 0 saturated carbocycles. The molecule has 104 valence electrons. The van der Waals surface area contributed by atoms with Crippen LogP contribution in [0.4, 0.5) is 5.69 Å². The molecular formula is C14H20N2O3. The van der Waals surface area contributed by atoms with Gasteiger partial charge in [0.05, 0.1) is 13.1 Å². The predicted octanol–water partition coefficient (Wildman–Crippen LogP) is 1.65. The molecule has 1 amide bonds. The van der Waals surface area contributed by atoms with E-state index in [2.05, 4.69) is 5.32 Å². The highest BCUT2D eigenvalue weighted by molar-refractivity contribution is 5.93. The third kappa shape index (κ3) is 4.71. The molecule has 0 aliphatic heterocycles. The molecule has 2 N–H and O–H groups in total. The number of aryl methyl sites for hydroxylation is 1.